The molecule has 10 heteroatoms. The average Bonchev–Trinajstić information content (AvgIpc) is 2.75. The molecule has 1 aromatic carbocycles. The van der Waals surface area contributed by atoms with E-state index in [4.69, 9.17) is 9.47 Å². The summed E-state index contributed by atoms with van der Waals surface area (Å²) in [5.74, 6) is 1.30. The van der Waals surface area contributed by atoms with Gasteiger partial charge in [0.2, 0.25) is 5.91 Å². The van der Waals surface area contributed by atoms with Crippen LogP contribution in [0.1, 0.15) is 19.8 Å². The van der Waals surface area contributed by atoms with Gasteiger partial charge in [-0.05, 0) is 31.9 Å². The minimum absolute atomic E-state index is 0. The number of nitrogens with zero attached hydrogens (tertiary/aromatic N) is 3. The molecular weight excluding hydrogens is 513 g/mol. The molecule has 174 valence electrons. The number of amides is 2. The summed E-state index contributed by atoms with van der Waals surface area (Å²) in [4.78, 5) is 31.4. The molecule has 0 spiro atoms. The number of hydrogen-bond acceptors (Lipinski definition) is 5. The van der Waals surface area contributed by atoms with E-state index in [0.717, 1.165) is 18.6 Å². The molecule has 0 atom stereocenters. The number of nitrogens with one attached hydrogen (secondary N) is 2. The molecule has 0 aromatic heterocycles. The largest absolute Gasteiger partial charge is 0.492 e. The third kappa shape index (κ3) is 10.1. The fourth-order valence-corrected chi connectivity index (χ4v) is 2.91. The maximum Gasteiger partial charge on any atom is 0.409 e. The molecule has 1 saturated heterocycles. The van der Waals surface area contributed by atoms with Crippen LogP contribution in [-0.2, 0) is 9.53 Å². The topological polar surface area (TPSA) is 95.5 Å². The fourth-order valence-electron chi connectivity index (χ4n) is 2.91. The Balaban J connectivity index is 0.00000480. The Morgan fingerprint density at radius 1 is 1.19 bits per heavy atom. The van der Waals surface area contributed by atoms with Gasteiger partial charge < -0.3 is 29.9 Å². The summed E-state index contributed by atoms with van der Waals surface area (Å²) in [6.45, 7) is 4.49. The molecule has 0 radical (unpaired) electrons. The van der Waals surface area contributed by atoms with Crippen molar-refractivity contribution in [2.45, 2.75) is 25.8 Å². The molecular formula is C21H34IN5O4. The lowest BCUT2D eigenvalue weighted by Gasteiger charge is -2.32. The zero-order valence-corrected chi connectivity index (χ0v) is 20.8. The molecule has 1 aromatic rings. The molecule has 0 aliphatic carbocycles. The summed E-state index contributed by atoms with van der Waals surface area (Å²) < 4.78 is 10.8. The lowest BCUT2D eigenvalue weighted by Crippen LogP contribution is -2.50. The van der Waals surface area contributed by atoms with Crippen LogP contribution >= 0.6 is 24.0 Å². The van der Waals surface area contributed by atoms with Crippen molar-refractivity contribution in [3.8, 4) is 5.75 Å². The molecule has 0 bridgehead atoms. The van der Waals surface area contributed by atoms with E-state index in [9.17, 15) is 9.59 Å². The molecule has 0 saturated carbocycles. The number of benzene rings is 1. The van der Waals surface area contributed by atoms with Gasteiger partial charge in [-0.3, -0.25) is 4.79 Å². The van der Waals surface area contributed by atoms with E-state index in [-0.39, 0.29) is 48.6 Å². The highest BCUT2D eigenvalue weighted by Crippen LogP contribution is 2.11. The van der Waals surface area contributed by atoms with Crippen molar-refractivity contribution in [3.63, 3.8) is 0 Å². The van der Waals surface area contributed by atoms with Gasteiger partial charge in [-0.15, -0.1) is 24.0 Å². The number of guanidine groups is 1. The molecule has 2 rings (SSSR count). The first-order valence-electron chi connectivity index (χ1n) is 10.3. The molecule has 1 aliphatic heterocycles. The monoisotopic (exact) mass is 547 g/mol. The normalized spacial score (nSPS) is 14.3. The van der Waals surface area contributed by atoms with E-state index >= 15 is 0 Å². The number of carbonyl (C=O) groups excluding carboxylic acids is 2. The van der Waals surface area contributed by atoms with Gasteiger partial charge in [0, 0.05) is 33.2 Å². The summed E-state index contributed by atoms with van der Waals surface area (Å²) in [5, 5.41) is 6.60. The molecule has 1 fully saturated rings. The Morgan fingerprint density at radius 3 is 2.48 bits per heavy atom. The lowest BCUT2D eigenvalue weighted by atomic mass is 10.1. The molecule has 9 nitrogen and oxygen atoms in total. The van der Waals surface area contributed by atoms with Crippen LogP contribution in [0.5, 0.6) is 5.75 Å². The minimum Gasteiger partial charge on any atom is -0.492 e. The van der Waals surface area contributed by atoms with E-state index in [1.807, 2.05) is 30.3 Å². The van der Waals surface area contributed by atoms with E-state index in [1.165, 1.54) is 4.90 Å². The molecule has 1 aliphatic rings. The van der Waals surface area contributed by atoms with Crippen molar-refractivity contribution in [1.82, 2.24) is 20.4 Å². The van der Waals surface area contributed by atoms with E-state index in [1.54, 1.807) is 25.9 Å². The van der Waals surface area contributed by atoms with Crippen LogP contribution in [0.4, 0.5) is 4.79 Å². The van der Waals surface area contributed by atoms with Crippen molar-refractivity contribution in [1.29, 1.82) is 0 Å². The van der Waals surface area contributed by atoms with Crippen molar-refractivity contribution in [2.75, 3.05) is 53.5 Å². The van der Waals surface area contributed by atoms with Gasteiger partial charge in [0.25, 0.3) is 0 Å². The maximum atomic E-state index is 11.9. The van der Waals surface area contributed by atoms with Crippen molar-refractivity contribution in [3.05, 3.63) is 30.3 Å². The van der Waals surface area contributed by atoms with Crippen LogP contribution in [0, 0.1) is 0 Å². The van der Waals surface area contributed by atoms with Gasteiger partial charge in [0.1, 0.15) is 18.9 Å². The summed E-state index contributed by atoms with van der Waals surface area (Å²) in [6.07, 6.45) is 1.29. The second-order valence-corrected chi connectivity index (χ2v) is 7.15. The molecule has 2 N–H and O–H groups in total. The highest BCUT2D eigenvalue weighted by Gasteiger charge is 2.24. The zero-order chi connectivity index (χ0) is 21.8. The molecule has 31 heavy (non-hydrogen) atoms. The van der Waals surface area contributed by atoms with E-state index < -0.39 is 0 Å². The molecule has 1 heterocycles. The summed E-state index contributed by atoms with van der Waals surface area (Å²) in [5.41, 5.74) is 0. The van der Waals surface area contributed by atoms with Gasteiger partial charge in [0.05, 0.1) is 13.2 Å². The van der Waals surface area contributed by atoms with Crippen molar-refractivity contribution in [2.24, 2.45) is 4.99 Å². The highest BCUT2D eigenvalue weighted by atomic mass is 127. The second kappa shape index (κ2) is 14.7. The summed E-state index contributed by atoms with van der Waals surface area (Å²) in [7, 11) is 3.41. The number of likely N-dealkylation sites (N-methyl/N-ethyl adjacent to an activating group) is 1. The fraction of sp³-hybridized carbons (Fsp3) is 0.571. The minimum atomic E-state index is -0.266. The number of para-hydroxylation sites is 1. The maximum absolute atomic E-state index is 11.9. The van der Waals surface area contributed by atoms with Crippen molar-refractivity contribution < 1.29 is 19.1 Å². The van der Waals surface area contributed by atoms with E-state index in [0.29, 0.717) is 38.8 Å². The highest BCUT2D eigenvalue weighted by molar-refractivity contribution is 14.0. The van der Waals surface area contributed by atoms with Gasteiger partial charge >= 0.3 is 6.09 Å². The first-order chi connectivity index (χ1) is 14.5. The Hall–Kier alpha value is -2.24. The van der Waals surface area contributed by atoms with Crippen LogP contribution in [-0.4, -0.2) is 87.3 Å². The average molecular weight is 547 g/mol. The Labute approximate surface area is 201 Å². The van der Waals surface area contributed by atoms with Gasteiger partial charge in [-0.1, -0.05) is 18.2 Å². The number of ether oxygens (including phenoxy) is 2. The first kappa shape index (κ1) is 26.8. The van der Waals surface area contributed by atoms with Crippen molar-refractivity contribution >= 4 is 41.9 Å². The van der Waals surface area contributed by atoms with E-state index in [2.05, 4.69) is 15.6 Å². The van der Waals surface area contributed by atoms with Crippen LogP contribution in [0.3, 0.4) is 0 Å². The molecule has 0 unspecified atom stereocenters. The smallest absolute Gasteiger partial charge is 0.409 e. The Kier molecular flexibility index (Phi) is 12.7. The number of hydrogen-bond donors (Lipinski definition) is 2. The first-order valence-corrected chi connectivity index (χ1v) is 10.3. The summed E-state index contributed by atoms with van der Waals surface area (Å²) in [6, 6.07) is 9.75. The number of carbonyl (C=O) groups is 2. The summed E-state index contributed by atoms with van der Waals surface area (Å²) >= 11 is 0. The standard InChI is InChI=1S/C21H33N5O4.HI/c1-4-29-21(28)26-13-10-17(11-14-26)24-20(23-16-19(27)25(2)3)22-12-15-30-18-8-6-5-7-9-18;/h5-9,17H,4,10-16H2,1-3H3,(H2,22,23,24);1H. The van der Waals surface area contributed by atoms with Gasteiger partial charge in [-0.2, -0.15) is 0 Å². The van der Waals surface area contributed by atoms with Crippen LogP contribution in [0.2, 0.25) is 0 Å². The van der Waals surface area contributed by atoms with Gasteiger partial charge in [0.15, 0.2) is 5.96 Å². The van der Waals surface area contributed by atoms with Crippen LogP contribution in [0.25, 0.3) is 0 Å². The number of aliphatic imine (C=N–C) groups is 1. The third-order valence-electron chi connectivity index (χ3n) is 4.64. The molecule has 2 amide bonds. The predicted molar refractivity (Wildman–Crippen MR) is 131 cm³/mol. The van der Waals surface area contributed by atoms with Crippen LogP contribution < -0.4 is 15.4 Å². The predicted octanol–water partition coefficient (Wildman–Crippen LogP) is 1.93. The number of piperidine rings is 1. The number of rotatable bonds is 8. The number of likely N-dealkylation sites (tertiary alicyclic amines) is 1. The zero-order valence-electron chi connectivity index (χ0n) is 18.5. The SMILES string of the molecule is CCOC(=O)N1CCC(NC(=NCC(=O)N(C)C)NCCOc2ccccc2)CC1.I. The third-order valence-corrected chi connectivity index (χ3v) is 4.64. The van der Waals surface area contributed by atoms with Crippen LogP contribution in [0.15, 0.2) is 35.3 Å². The lowest BCUT2D eigenvalue weighted by molar-refractivity contribution is -0.127. The Morgan fingerprint density at radius 2 is 1.87 bits per heavy atom. The van der Waals surface area contributed by atoms with Gasteiger partial charge in [-0.25, -0.2) is 9.79 Å². The second-order valence-electron chi connectivity index (χ2n) is 7.15. The number of halogens is 1. The quantitative estimate of drug-likeness (QED) is 0.224. The Bertz CT molecular complexity index is 694.